The Bertz CT molecular complexity index is 876. The first kappa shape index (κ1) is 22.9. The molecule has 1 heterocycles. The van der Waals surface area contributed by atoms with Crippen LogP contribution in [0.3, 0.4) is 0 Å². The Labute approximate surface area is 175 Å². The number of methoxy groups -OCH3 is 1. The number of halogens is 1. The SMILES string of the molecule is COc1c([C@H](C)NC(=O)OC(C)(C)C)cc(Cl)c(C)c1-c1ccc(C(O)O)nc1. The molecule has 2 rings (SSSR count). The topological polar surface area (TPSA) is 101 Å². The van der Waals surface area contributed by atoms with E-state index in [1.165, 1.54) is 19.4 Å². The normalized spacial score (nSPS) is 12.6. The number of alkyl carbamates (subject to hydrolysis) is 1. The van der Waals surface area contributed by atoms with Crippen LogP contribution >= 0.6 is 11.6 Å². The van der Waals surface area contributed by atoms with E-state index >= 15 is 0 Å². The Morgan fingerprint density at radius 1 is 1.28 bits per heavy atom. The maximum Gasteiger partial charge on any atom is 0.408 e. The number of hydrogen-bond acceptors (Lipinski definition) is 6. The predicted octanol–water partition coefficient (Wildman–Crippen LogP) is 4.29. The van der Waals surface area contributed by atoms with Crippen molar-refractivity contribution in [3.05, 3.63) is 46.2 Å². The third-order valence-corrected chi connectivity index (χ3v) is 4.64. The molecule has 0 aliphatic rings. The highest BCUT2D eigenvalue weighted by molar-refractivity contribution is 6.32. The molecule has 0 spiro atoms. The lowest BCUT2D eigenvalue weighted by Crippen LogP contribution is -2.34. The average Bonchev–Trinajstić information content (AvgIpc) is 2.61. The molecule has 29 heavy (non-hydrogen) atoms. The lowest BCUT2D eigenvalue weighted by molar-refractivity contribution is -0.0458. The van der Waals surface area contributed by atoms with Gasteiger partial charge >= 0.3 is 6.09 Å². The molecule has 0 radical (unpaired) electrons. The van der Waals surface area contributed by atoms with Crippen LogP contribution in [0.4, 0.5) is 4.79 Å². The highest BCUT2D eigenvalue weighted by Gasteiger charge is 2.24. The van der Waals surface area contributed by atoms with Crippen molar-refractivity contribution in [1.82, 2.24) is 10.3 Å². The van der Waals surface area contributed by atoms with Gasteiger partial charge in [0.25, 0.3) is 0 Å². The van der Waals surface area contributed by atoms with Crippen LogP contribution in [0.15, 0.2) is 24.4 Å². The van der Waals surface area contributed by atoms with E-state index in [4.69, 9.17) is 21.1 Å². The van der Waals surface area contributed by atoms with Crippen molar-refractivity contribution in [2.24, 2.45) is 0 Å². The van der Waals surface area contributed by atoms with Crippen LogP contribution in [0, 0.1) is 6.92 Å². The molecule has 1 aromatic carbocycles. The van der Waals surface area contributed by atoms with Gasteiger partial charge in [0.15, 0.2) is 6.29 Å². The number of amides is 1. The summed E-state index contributed by atoms with van der Waals surface area (Å²) in [5.74, 6) is 0.537. The minimum Gasteiger partial charge on any atom is -0.496 e. The summed E-state index contributed by atoms with van der Waals surface area (Å²) in [6, 6.07) is 4.53. The predicted molar refractivity (Wildman–Crippen MR) is 111 cm³/mol. The molecule has 1 amide bonds. The quantitative estimate of drug-likeness (QED) is 0.621. The van der Waals surface area contributed by atoms with Crippen LogP contribution in [0.2, 0.25) is 5.02 Å². The summed E-state index contributed by atoms with van der Waals surface area (Å²) in [5, 5.41) is 21.8. The number of carbonyl (C=O) groups is 1. The zero-order valence-corrected chi connectivity index (χ0v) is 18.2. The molecule has 0 bridgehead atoms. The van der Waals surface area contributed by atoms with Crippen molar-refractivity contribution >= 4 is 17.7 Å². The molecular weight excluding hydrogens is 396 g/mol. The molecule has 0 saturated heterocycles. The van der Waals surface area contributed by atoms with Crippen molar-refractivity contribution in [3.8, 4) is 16.9 Å². The molecule has 3 N–H and O–H groups in total. The number of hydrogen-bond donors (Lipinski definition) is 3. The molecule has 1 aromatic heterocycles. The fourth-order valence-electron chi connectivity index (χ4n) is 2.90. The maximum atomic E-state index is 12.2. The number of carbonyl (C=O) groups excluding carboxylic acids is 1. The van der Waals surface area contributed by atoms with E-state index in [1.807, 2.05) is 6.92 Å². The summed E-state index contributed by atoms with van der Waals surface area (Å²) in [6.07, 6.45) is -0.681. The van der Waals surface area contributed by atoms with E-state index in [9.17, 15) is 15.0 Å². The molecule has 0 aliphatic carbocycles. The number of aliphatic hydroxyl groups excluding tert-OH is 1. The smallest absolute Gasteiger partial charge is 0.408 e. The number of aliphatic hydroxyl groups is 2. The molecule has 158 valence electrons. The Hall–Kier alpha value is -2.35. The molecule has 2 aromatic rings. The van der Waals surface area contributed by atoms with E-state index in [-0.39, 0.29) is 5.69 Å². The van der Waals surface area contributed by atoms with Crippen molar-refractivity contribution in [1.29, 1.82) is 0 Å². The van der Waals surface area contributed by atoms with Crippen molar-refractivity contribution in [2.45, 2.75) is 52.6 Å². The van der Waals surface area contributed by atoms with Crippen LogP contribution in [-0.2, 0) is 4.74 Å². The molecule has 0 saturated carbocycles. The summed E-state index contributed by atoms with van der Waals surface area (Å²) in [5.41, 5.74) is 2.37. The Morgan fingerprint density at radius 3 is 2.41 bits per heavy atom. The number of aromatic nitrogens is 1. The van der Waals surface area contributed by atoms with Gasteiger partial charge in [0.2, 0.25) is 0 Å². The van der Waals surface area contributed by atoms with Crippen LogP contribution in [0.25, 0.3) is 11.1 Å². The highest BCUT2D eigenvalue weighted by Crippen LogP contribution is 2.42. The number of pyridine rings is 1. The lowest BCUT2D eigenvalue weighted by Gasteiger charge is -2.24. The van der Waals surface area contributed by atoms with Crippen LogP contribution in [0.5, 0.6) is 5.75 Å². The number of nitrogens with zero attached hydrogens (tertiary/aromatic N) is 1. The Kier molecular flexibility index (Phi) is 7.11. The lowest BCUT2D eigenvalue weighted by atomic mass is 9.94. The fourth-order valence-corrected chi connectivity index (χ4v) is 3.11. The van der Waals surface area contributed by atoms with Crippen LogP contribution in [-0.4, -0.2) is 34.0 Å². The standard InChI is InChI=1S/C21H27ClN2O5/c1-11-15(22)9-14(12(2)24-20(27)29-21(3,4)5)18(28-6)17(11)13-7-8-16(19(25)26)23-10-13/h7-10,12,19,25-26H,1-6H3,(H,24,27)/t12-/m0/s1. The summed E-state index contributed by atoms with van der Waals surface area (Å²) in [4.78, 5) is 16.3. The van der Waals surface area contributed by atoms with Gasteiger partial charge in [-0.2, -0.15) is 0 Å². The van der Waals surface area contributed by atoms with Crippen molar-refractivity contribution in [3.63, 3.8) is 0 Å². The highest BCUT2D eigenvalue weighted by atomic mass is 35.5. The van der Waals surface area contributed by atoms with Gasteiger partial charge in [0.1, 0.15) is 11.4 Å². The molecule has 0 unspecified atom stereocenters. The number of benzene rings is 1. The third-order valence-electron chi connectivity index (χ3n) is 4.25. The summed E-state index contributed by atoms with van der Waals surface area (Å²) in [6.45, 7) is 9.03. The second kappa shape index (κ2) is 8.98. The van der Waals surface area contributed by atoms with Gasteiger partial charge in [-0.1, -0.05) is 17.7 Å². The molecule has 0 fully saturated rings. The molecular formula is C21H27ClN2O5. The van der Waals surface area contributed by atoms with E-state index in [2.05, 4.69) is 10.3 Å². The fraction of sp³-hybridized carbons (Fsp3) is 0.429. The van der Waals surface area contributed by atoms with Gasteiger partial charge in [0, 0.05) is 27.9 Å². The van der Waals surface area contributed by atoms with Gasteiger partial charge in [-0.25, -0.2) is 4.79 Å². The monoisotopic (exact) mass is 422 g/mol. The molecule has 0 aliphatic heterocycles. The maximum absolute atomic E-state index is 12.2. The number of rotatable bonds is 5. The van der Waals surface area contributed by atoms with Gasteiger partial charge in [-0.05, 0) is 52.3 Å². The first-order valence-electron chi connectivity index (χ1n) is 9.13. The number of ether oxygens (including phenoxy) is 2. The zero-order chi connectivity index (χ0) is 21.9. The van der Waals surface area contributed by atoms with Gasteiger partial charge in [-0.3, -0.25) is 4.98 Å². The zero-order valence-electron chi connectivity index (χ0n) is 17.4. The van der Waals surface area contributed by atoms with E-state index in [1.54, 1.807) is 39.8 Å². The summed E-state index contributed by atoms with van der Waals surface area (Å²) >= 11 is 6.47. The van der Waals surface area contributed by atoms with Crippen LogP contribution in [0.1, 0.15) is 56.8 Å². The van der Waals surface area contributed by atoms with Gasteiger partial charge < -0.3 is 25.0 Å². The summed E-state index contributed by atoms with van der Waals surface area (Å²) in [7, 11) is 1.54. The van der Waals surface area contributed by atoms with E-state index in [0.717, 1.165) is 5.56 Å². The van der Waals surface area contributed by atoms with Crippen molar-refractivity contribution < 1.29 is 24.5 Å². The third kappa shape index (κ3) is 5.59. The Morgan fingerprint density at radius 2 is 1.93 bits per heavy atom. The second-order valence-corrected chi connectivity index (χ2v) is 8.10. The second-order valence-electron chi connectivity index (χ2n) is 7.69. The first-order chi connectivity index (χ1) is 13.4. The Balaban J connectivity index is 2.48. The average molecular weight is 423 g/mol. The van der Waals surface area contributed by atoms with Crippen molar-refractivity contribution in [2.75, 3.05) is 7.11 Å². The molecule has 8 heteroatoms. The van der Waals surface area contributed by atoms with Gasteiger partial charge in [0.05, 0.1) is 18.8 Å². The van der Waals surface area contributed by atoms with E-state index in [0.29, 0.717) is 27.5 Å². The first-order valence-corrected chi connectivity index (χ1v) is 9.51. The number of nitrogens with one attached hydrogen (secondary N) is 1. The van der Waals surface area contributed by atoms with E-state index < -0.39 is 24.0 Å². The minimum atomic E-state index is -1.65. The molecule has 1 atom stereocenters. The molecule has 7 nitrogen and oxygen atoms in total. The summed E-state index contributed by atoms with van der Waals surface area (Å²) < 4.78 is 11.0. The van der Waals surface area contributed by atoms with Crippen LogP contribution < -0.4 is 10.1 Å². The van der Waals surface area contributed by atoms with Gasteiger partial charge in [-0.15, -0.1) is 0 Å². The largest absolute Gasteiger partial charge is 0.496 e. The minimum absolute atomic E-state index is 0.132.